The van der Waals surface area contributed by atoms with Crippen LogP contribution in [0.3, 0.4) is 0 Å². The summed E-state index contributed by atoms with van der Waals surface area (Å²) in [5.41, 5.74) is 0.972. The minimum atomic E-state index is -0.771. The summed E-state index contributed by atoms with van der Waals surface area (Å²) in [5.74, 6) is 0.901. The van der Waals surface area contributed by atoms with E-state index < -0.39 is 6.04 Å². The summed E-state index contributed by atoms with van der Waals surface area (Å²) in [6, 6.07) is 13.1. The fourth-order valence-electron chi connectivity index (χ4n) is 2.55. The van der Waals surface area contributed by atoms with Gasteiger partial charge in [-0.15, -0.1) is 0 Å². The number of methoxy groups -OCH3 is 1. The Kier molecular flexibility index (Phi) is 5.17. The summed E-state index contributed by atoms with van der Waals surface area (Å²) in [4.78, 5) is 24.6. The highest BCUT2D eigenvalue weighted by Gasteiger charge is 2.18. The summed E-state index contributed by atoms with van der Waals surface area (Å²) in [5, 5.41) is 7.06. The van der Waals surface area contributed by atoms with E-state index in [1.54, 1.807) is 32.2 Å². The molecule has 1 N–H and O–H groups in total. The Hall–Kier alpha value is -3.35. The highest BCUT2D eigenvalue weighted by Crippen LogP contribution is 2.18. The molecule has 26 heavy (non-hydrogen) atoms. The van der Waals surface area contributed by atoms with E-state index in [0.717, 1.165) is 10.2 Å². The zero-order chi connectivity index (χ0) is 18.5. The van der Waals surface area contributed by atoms with Crippen LogP contribution in [0.2, 0.25) is 0 Å². The Labute approximate surface area is 150 Å². The maximum Gasteiger partial charge on any atom is 0.267 e. The van der Waals surface area contributed by atoms with Crippen LogP contribution in [0.5, 0.6) is 5.75 Å². The minimum Gasteiger partial charge on any atom is -0.496 e. The number of carbonyl (C=O) groups is 1. The summed E-state index contributed by atoms with van der Waals surface area (Å²) in [6.45, 7) is 1.91. The minimum absolute atomic E-state index is 0.291. The third-order valence-electron chi connectivity index (χ3n) is 3.99. The second-order valence-corrected chi connectivity index (χ2v) is 5.68. The number of carbonyl (C=O) groups excluding carboxylic acids is 1. The lowest BCUT2D eigenvalue weighted by Crippen LogP contribution is -2.36. The van der Waals surface area contributed by atoms with Gasteiger partial charge in [0.05, 0.1) is 13.4 Å². The summed E-state index contributed by atoms with van der Waals surface area (Å²) in [7, 11) is 1.58. The van der Waals surface area contributed by atoms with Gasteiger partial charge < -0.3 is 14.5 Å². The van der Waals surface area contributed by atoms with Crippen molar-refractivity contribution >= 4 is 5.91 Å². The van der Waals surface area contributed by atoms with Crippen LogP contribution in [0, 0.1) is 0 Å². The maximum absolute atomic E-state index is 12.5. The van der Waals surface area contributed by atoms with Crippen molar-refractivity contribution < 1.29 is 13.9 Å². The Bertz CT molecular complexity index is 947. The van der Waals surface area contributed by atoms with Gasteiger partial charge >= 0.3 is 0 Å². The van der Waals surface area contributed by atoms with Gasteiger partial charge in [0, 0.05) is 18.2 Å². The molecular weight excluding hydrogens is 334 g/mol. The standard InChI is InChI=1S/C19H19N3O4/c1-13(19(24)20-12-14-6-3-4-7-16(14)25-2)22-18(23)10-9-15(21-22)17-8-5-11-26-17/h3-11,13H,12H2,1-2H3,(H,20,24). The van der Waals surface area contributed by atoms with Crippen LogP contribution in [0.4, 0.5) is 0 Å². The van der Waals surface area contributed by atoms with Crippen LogP contribution < -0.4 is 15.6 Å². The van der Waals surface area contributed by atoms with Crippen molar-refractivity contribution in [2.45, 2.75) is 19.5 Å². The molecule has 2 heterocycles. The van der Waals surface area contributed by atoms with E-state index in [4.69, 9.17) is 9.15 Å². The number of rotatable bonds is 6. The van der Waals surface area contributed by atoms with Crippen molar-refractivity contribution in [3.8, 4) is 17.2 Å². The van der Waals surface area contributed by atoms with Crippen molar-refractivity contribution in [1.82, 2.24) is 15.1 Å². The molecule has 0 saturated carbocycles. The van der Waals surface area contributed by atoms with Crippen molar-refractivity contribution in [1.29, 1.82) is 0 Å². The SMILES string of the molecule is COc1ccccc1CNC(=O)C(C)n1nc(-c2ccco2)ccc1=O. The predicted molar refractivity (Wildman–Crippen MR) is 95.8 cm³/mol. The molecule has 0 aliphatic heterocycles. The Morgan fingerprint density at radius 1 is 1.23 bits per heavy atom. The fraction of sp³-hybridized carbons (Fsp3) is 0.211. The molecule has 7 heteroatoms. The monoisotopic (exact) mass is 353 g/mol. The predicted octanol–water partition coefficient (Wildman–Crippen LogP) is 2.39. The Morgan fingerprint density at radius 2 is 2.04 bits per heavy atom. The lowest BCUT2D eigenvalue weighted by molar-refractivity contribution is -0.124. The summed E-state index contributed by atoms with van der Waals surface area (Å²) >= 11 is 0. The van der Waals surface area contributed by atoms with Crippen LogP contribution in [0.15, 0.2) is 64.0 Å². The first kappa shape index (κ1) is 17.5. The van der Waals surface area contributed by atoms with E-state index in [2.05, 4.69) is 10.4 Å². The maximum atomic E-state index is 12.5. The molecule has 1 amide bonds. The number of benzene rings is 1. The molecule has 1 aromatic carbocycles. The van der Waals surface area contributed by atoms with E-state index in [1.165, 1.54) is 12.3 Å². The topological polar surface area (TPSA) is 86.4 Å². The van der Waals surface area contributed by atoms with Crippen molar-refractivity contribution in [3.63, 3.8) is 0 Å². The number of nitrogens with one attached hydrogen (secondary N) is 1. The van der Waals surface area contributed by atoms with Gasteiger partial charge in [-0.3, -0.25) is 9.59 Å². The normalized spacial score (nSPS) is 11.8. The molecule has 1 atom stereocenters. The number of ether oxygens (including phenoxy) is 1. The molecule has 0 aliphatic rings. The molecule has 134 valence electrons. The third-order valence-corrected chi connectivity index (χ3v) is 3.99. The smallest absolute Gasteiger partial charge is 0.267 e. The average Bonchev–Trinajstić information content (AvgIpc) is 3.21. The zero-order valence-corrected chi connectivity index (χ0v) is 14.5. The molecule has 0 fully saturated rings. The van der Waals surface area contributed by atoms with E-state index >= 15 is 0 Å². The fourth-order valence-corrected chi connectivity index (χ4v) is 2.55. The van der Waals surface area contributed by atoms with Gasteiger partial charge in [-0.2, -0.15) is 5.10 Å². The van der Waals surface area contributed by atoms with Gasteiger partial charge in [0.1, 0.15) is 17.5 Å². The highest BCUT2D eigenvalue weighted by molar-refractivity contribution is 5.79. The summed E-state index contributed by atoms with van der Waals surface area (Å²) < 4.78 is 11.7. The van der Waals surface area contributed by atoms with Gasteiger partial charge in [-0.25, -0.2) is 4.68 Å². The number of para-hydroxylation sites is 1. The van der Waals surface area contributed by atoms with Crippen molar-refractivity contribution in [2.75, 3.05) is 7.11 Å². The molecule has 1 unspecified atom stereocenters. The van der Waals surface area contributed by atoms with E-state index in [-0.39, 0.29) is 11.5 Å². The number of furan rings is 1. The van der Waals surface area contributed by atoms with Crippen LogP contribution in [-0.2, 0) is 11.3 Å². The van der Waals surface area contributed by atoms with Crippen molar-refractivity contribution in [2.24, 2.45) is 0 Å². The zero-order valence-electron chi connectivity index (χ0n) is 14.5. The van der Waals surface area contributed by atoms with Crippen molar-refractivity contribution in [3.05, 3.63) is 70.7 Å². The number of nitrogens with zero attached hydrogens (tertiary/aromatic N) is 2. The first-order valence-electron chi connectivity index (χ1n) is 8.13. The molecule has 0 aliphatic carbocycles. The van der Waals surface area contributed by atoms with Gasteiger partial charge in [0.2, 0.25) is 5.91 Å². The first-order chi connectivity index (χ1) is 12.6. The number of amides is 1. The molecule has 0 spiro atoms. The largest absolute Gasteiger partial charge is 0.496 e. The highest BCUT2D eigenvalue weighted by atomic mass is 16.5. The molecule has 7 nitrogen and oxygen atoms in total. The molecular formula is C19H19N3O4. The second kappa shape index (κ2) is 7.69. The molecule has 0 bridgehead atoms. The van der Waals surface area contributed by atoms with Crippen LogP contribution in [0.25, 0.3) is 11.5 Å². The van der Waals surface area contributed by atoms with Crippen LogP contribution in [-0.4, -0.2) is 22.8 Å². The van der Waals surface area contributed by atoms with Gasteiger partial charge in [-0.05, 0) is 31.2 Å². The van der Waals surface area contributed by atoms with Gasteiger partial charge in [0.25, 0.3) is 5.56 Å². The van der Waals surface area contributed by atoms with Crippen LogP contribution >= 0.6 is 0 Å². The molecule has 0 saturated heterocycles. The molecule has 2 aromatic heterocycles. The van der Waals surface area contributed by atoms with Gasteiger partial charge in [0.15, 0.2) is 5.76 Å². The second-order valence-electron chi connectivity index (χ2n) is 5.68. The molecule has 0 radical (unpaired) electrons. The third kappa shape index (κ3) is 3.66. The molecule has 3 rings (SSSR count). The van der Waals surface area contributed by atoms with Crippen LogP contribution in [0.1, 0.15) is 18.5 Å². The average molecular weight is 353 g/mol. The first-order valence-corrected chi connectivity index (χ1v) is 8.13. The quantitative estimate of drug-likeness (QED) is 0.735. The number of hydrogen-bond donors (Lipinski definition) is 1. The Morgan fingerprint density at radius 3 is 2.77 bits per heavy atom. The lowest BCUT2D eigenvalue weighted by Gasteiger charge is -2.15. The van der Waals surface area contributed by atoms with Gasteiger partial charge in [-0.1, -0.05) is 18.2 Å². The number of aromatic nitrogens is 2. The van der Waals surface area contributed by atoms with E-state index in [0.29, 0.717) is 23.7 Å². The summed E-state index contributed by atoms with van der Waals surface area (Å²) in [6.07, 6.45) is 1.52. The molecule has 3 aromatic rings. The van der Waals surface area contributed by atoms with E-state index in [9.17, 15) is 9.59 Å². The Balaban J connectivity index is 1.76. The lowest BCUT2D eigenvalue weighted by atomic mass is 10.2. The van der Waals surface area contributed by atoms with E-state index in [1.807, 2.05) is 24.3 Å². The number of hydrogen-bond acceptors (Lipinski definition) is 5.